The van der Waals surface area contributed by atoms with Gasteiger partial charge in [0.2, 0.25) is 0 Å². The zero-order chi connectivity index (χ0) is 13.0. The third kappa shape index (κ3) is 2.76. The molecule has 1 heterocycles. The van der Waals surface area contributed by atoms with Crippen molar-refractivity contribution >= 4 is 11.8 Å². The monoisotopic (exact) mass is 247 g/mol. The average Bonchev–Trinajstić information content (AvgIpc) is 2.92. The lowest BCUT2D eigenvalue weighted by Crippen LogP contribution is -2.18. The summed E-state index contributed by atoms with van der Waals surface area (Å²) in [5.41, 5.74) is 1.62. The van der Waals surface area contributed by atoms with Gasteiger partial charge >= 0.3 is 5.97 Å². The van der Waals surface area contributed by atoms with Crippen molar-refractivity contribution in [3.05, 3.63) is 35.4 Å². The molecule has 1 aromatic carbocycles. The highest BCUT2D eigenvalue weighted by Gasteiger charge is 2.22. The Kier molecular flexibility index (Phi) is 4.10. The van der Waals surface area contributed by atoms with Crippen LogP contribution in [0.5, 0.6) is 0 Å². The molecular formula is C14H17NO3. The number of hydrogen-bond acceptors (Lipinski definition) is 4. The Bertz CT molecular complexity index is 450. The number of methoxy groups -OCH3 is 1. The van der Waals surface area contributed by atoms with Gasteiger partial charge in [0.15, 0.2) is 5.78 Å². The molecule has 2 rings (SSSR count). The number of esters is 1. The normalized spacial score (nSPS) is 18.6. The van der Waals surface area contributed by atoms with E-state index >= 15 is 0 Å². The summed E-state index contributed by atoms with van der Waals surface area (Å²) in [6.07, 6.45) is 1.95. The van der Waals surface area contributed by atoms with Crippen LogP contribution in [0, 0.1) is 0 Å². The van der Waals surface area contributed by atoms with Gasteiger partial charge in [-0.1, -0.05) is 24.3 Å². The highest BCUT2D eigenvalue weighted by atomic mass is 16.5. The molecule has 0 bridgehead atoms. The molecule has 1 saturated heterocycles. The predicted molar refractivity (Wildman–Crippen MR) is 67.4 cm³/mol. The average molecular weight is 247 g/mol. The van der Waals surface area contributed by atoms with Gasteiger partial charge in [-0.25, -0.2) is 0 Å². The van der Waals surface area contributed by atoms with Gasteiger partial charge in [0.05, 0.1) is 7.11 Å². The van der Waals surface area contributed by atoms with Gasteiger partial charge in [0, 0.05) is 11.6 Å². The SMILES string of the molecule is COC(=O)CC(=O)c1ccccc1C1CCCN1. The Morgan fingerprint density at radius 1 is 1.39 bits per heavy atom. The summed E-state index contributed by atoms with van der Waals surface area (Å²) in [5.74, 6) is -0.666. The van der Waals surface area contributed by atoms with Crippen molar-refractivity contribution < 1.29 is 14.3 Å². The van der Waals surface area contributed by atoms with Gasteiger partial charge in [-0.05, 0) is 24.9 Å². The zero-order valence-electron chi connectivity index (χ0n) is 10.4. The molecule has 0 aromatic heterocycles. The number of carbonyl (C=O) groups excluding carboxylic acids is 2. The fraction of sp³-hybridized carbons (Fsp3) is 0.429. The van der Waals surface area contributed by atoms with Gasteiger partial charge in [0.1, 0.15) is 6.42 Å². The Morgan fingerprint density at radius 2 is 2.17 bits per heavy atom. The number of ketones is 1. The first-order valence-corrected chi connectivity index (χ1v) is 6.14. The van der Waals surface area contributed by atoms with Crippen molar-refractivity contribution in [2.75, 3.05) is 13.7 Å². The predicted octanol–water partition coefficient (Wildman–Crippen LogP) is 1.86. The van der Waals surface area contributed by atoms with E-state index in [0.29, 0.717) is 5.56 Å². The summed E-state index contributed by atoms with van der Waals surface area (Å²) >= 11 is 0. The van der Waals surface area contributed by atoms with Crippen molar-refractivity contribution in [2.24, 2.45) is 0 Å². The van der Waals surface area contributed by atoms with Crippen LogP contribution in [0.3, 0.4) is 0 Å². The maximum atomic E-state index is 12.1. The number of ether oxygens (including phenoxy) is 1. The molecule has 0 spiro atoms. The van der Waals surface area contributed by atoms with Crippen LogP contribution in [0.4, 0.5) is 0 Å². The molecule has 1 unspecified atom stereocenters. The van der Waals surface area contributed by atoms with Gasteiger partial charge in [-0.3, -0.25) is 9.59 Å². The minimum atomic E-state index is -0.491. The van der Waals surface area contributed by atoms with Gasteiger partial charge in [-0.15, -0.1) is 0 Å². The van der Waals surface area contributed by atoms with Crippen LogP contribution in [0.2, 0.25) is 0 Å². The third-order valence-corrected chi connectivity index (χ3v) is 3.23. The minimum Gasteiger partial charge on any atom is -0.469 e. The van der Waals surface area contributed by atoms with Crippen LogP contribution < -0.4 is 5.32 Å². The van der Waals surface area contributed by atoms with E-state index in [-0.39, 0.29) is 18.2 Å². The maximum absolute atomic E-state index is 12.1. The number of rotatable bonds is 4. The second-order valence-corrected chi connectivity index (χ2v) is 4.41. The quantitative estimate of drug-likeness (QED) is 0.501. The molecule has 96 valence electrons. The lowest BCUT2D eigenvalue weighted by molar-refractivity contribution is -0.139. The van der Waals surface area contributed by atoms with Crippen molar-refractivity contribution in [1.82, 2.24) is 5.32 Å². The standard InChI is InChI=1S/C14H17NO3/c1-18-14(17)9-13(16)11-6-3-2-5-10(11)12-7-4-8-15-12/h2-3,5-6,12,15H,4,7-9H2,1H3. The number of hydrogen-bond donors (Lipinski definition) is 1. The van der Waals surface area contributed by atoms with E-state index in [1.54, 1.807) is 6.07 Å². The summed E-state index contributed by atoms with van der Waals surface area (Å²) in [5, 5.41) is 3.37. The number of benzene rings is 1. The van der Waals surface area contributed by atoms with Crippen LogP contribution >= 0.6 is 0 Å². The van der Waals surface area contributed by atoms with Crippen LogP contribution in [-0.2, 0) is 9.53 Å². The molecule has 0 aliphatic carbocycles. The van der Waals surface area contributed by atoms with E-state index in [0.717, 1.165) is 24.9 Å². The second-order valence-electron chi connectivity index (χ2n) is 4.41. The number of Topliss-reactive ketones (excluding diaryl/α,β-unsaturated/α-hetero) is 1. The lowest BCUT2D eigenvalue weighted by Gasteiger charge is -2.14. The molecule has 0 saturated carbocycles. The Labute approximate surface area is 106 Å². The molecule has 1 N–H and O–H groups in total. The van der Waals surface area contributed by atoms with Crippen LogP contribution in [0.1, 0.15) is 41.2 Å². The van der Waals surface area contributed by atoms with Crippen LogP contribution in [-0.4, -0.2) is 25.4 Å². The molecule has 1 atom stereocenters. The molecule has 1 aromatic rings. The Morgan fingerprint density at radius 3 is 2.83 bits per heavy atom. The fourth-order valence-corrected chi connectivity index (χ4v) is 2.30. The number of nitrogens with one attached hydrogen (secondary N) is 1. The largest absolute Gasteiger partial charge is 0.469 e. The van der Waals surface area contributed by atoms with E-state index in [2.05, 4.69) is 10.1 Å². The summed E-state index contributed by atoms with van der Waals surface area (Å²) in [6.45, 7) is 0.976. The number of carbonyl (C=O) groups is 2. The highest BCUT2D eigenvalue weighted by molar-refractivity contribution is 6.06. The highest BCUT2D eigenvalue weighted by Crippen LogP contribution is 2.26. The second kappa shape index (κ2) is 5.78. The molecule has 4 nitrogen and oxygen atoms in total. The summed E-state index contributed by atoms with van der Waals surface area (Å²) < 4.78 is 4.53. The Balaban J connectivity index is 2.21. The molecule has 4 heteroatoms. The summed E-state index contributed by atoms with van der Waals surface area (Å²) in [6, 6.07) is 7.70. The van der Waals surface area contributed by atoms with Crippen LogP contribution in [0.15, 0.2) is 24.3 Å². The van der Waals surface area contributed by atoms with E-state index < -0.39 is 5.97 Å². The van der Waals surface area contributed by atoms with E-state index in [1.165, 1.54) is 7.11 Å². The molecule has 1 aliphatic rings. The molecule has 0 radical (unpaired) electrons. The molecule has 0 amide bonds. The van der Waals surface area contributed by atoms with Crippen molar-refractivity contribution in [3.63, 3.8) is 0 Å². The van der Waals surface area contributed by atoms with E-state index in [4.69, 9.17) is 0 Å². The lowest BCUT2D eigenvalue weighted by atomic mass is 9.95. The maximum Gasteiger partial charge on any atom is 0.313 e. The molecule has 18 heavy (non-hydrogen) atoms. The smallest absolute Gasteiger partial charge is 0.313 e. The van der Waals surface area contributed by atoms with E-state index in [9.17, 15) is 9.59 Å². The molecular weight excluding hydrogens is 230 g/mol. The summed E-state index contributed by atoms with van der Waals surface area (Å²) in [4.78, 5) is 23.2. The minimum absolute atomic E-state index is 0.175. The van der Waals surface area contributed by atoms with Crippen LogP contribution in [0.25, 0.3) is 0 Å². The van der Waals surface area contributed by atoms with Gasteiger partial charge < -0.3 is 10.1 Å². The molecule has 1 aliphatic heterocycles. The first-order valence-electron chi connectivity index (χ1n) is 6.14. The first kappa shape index (κ1) is 12.8. The third-order valence-electron chi connectivity index (χ3n) is 3.23. The Hall–Kier alpha value is -1.68. The molecule has 1 fully saturated rings. The van der Waals surface area contributed by atoms with Crippen molar-refractivity contribution in [3.8, 4) is 0 Å². The fourth-order valence-electron chi connectivity index (χ4n) is 2.30. The first-order chi connectivity index (χ1) is 8.72. The topological polar surface area (TPSA) is 55.4 Å². The van der Waals surface area contributed by atoms with Gasteiger partial charge in [-0.2, -0.15) is 0 Å². The van der Waals surface area contributed by atoms with Crippen molar-refractivity contribution in [1.29, 1.82) is 0 Å². The van der Waals surface area contributed by atoms with Crippen molar-refractivity contribution in [2.45, 2.75) is 25.3 Å². The zero-order valence-corrected chi connectivity index (χ0v) is 10.4. The van der Waals surface area contributed by atoms with Gasteiger partial charge in [0.25, 0.3) is 0 Å². The summed E-state index contributed by atoms with van der Waals surface area (Å²) in [7, 11) is 1.29. The van der Waals surface area contributed by atoms with E-state index in [1.807, 2.05) is 18.2 Å².